The summed E-state index contributed by atoms with van der Waals surface area (Å²) >= 11 is 3.30. The van der Waals surface area contributed by atoms with E-state index in [1.165, 1.54) is 6.07 Å². The van der Waals surface area contributed by atoms with Gasteiger partial charge in [-0.3, -0.25) is 4.90 Å². The summed E-state index contributed by atoms with van der Waals surface area (Å²) in [7, 11) is 3.67. The van der Waals surface area contributed by atoms with Crippen molar-refractivity contribution in [3.05, 3.63) is 63.9 Å². The quantitative estimate of drug-likeness (QED) is 0.809. The van der Waals surface area contributed by atoms with Crippen molar-refractivity contribution in [1.29, 1.82) is 0 Å². The molecule has 2 nitrogen and oxygen atoms in total. The lowest BCUT2D eigenvalue weighted by Crippen LogP contribution is -2.18. The van der Waals surface area contributed by atoms with Gasteiger partial charge in [-0.15, -0.1) is 0 Å². The summed E-state index contributed by atoms with van der Waals surface area (Å²) in [4.78, 5) is 2.12. The van der Waals surface area contributed by atoms with Gasteiger partial charge in [0.25, 0.3) is 0 Å². The van der Waals surface area contributed by atoms with Crippen molar-refractivity contribution in [1.82, 2.24) is 4.90 Å². The lowest BCUT2D eigenvalue weighted by Gasteiger charge is -2.19. The smallest absolute Gasteiger partial charge is 0.137 e. The Balaban J connectivity index is 2.09. The molecule has 0 aliphatic rings. The van der Waals surface area contributed by atoms with Gasteiger partial charge in [0.15, 0.2) is 0 Å². The monoisotopic (exact) mass is 337 g/mol. The fraction of sp³-hybridized carbons (Fsp3) is 0.250. The molecule has 0 N–H and O–H groups in total. The van der Waals surface area contributed by atoms with E-state index in [0.29, 0.717) is 11.0 Å². The van der Waals surface area contributed by atoms with Gasteiger partial charge in [-0.1, -0.05) is 30.3 Å². The molecule has 2 aromatic rings. The van der Waals surface area contributed by atoms with E-state index in [0.717, 1.165) is 23.4 Å². The normalized spacial score (nSPS) is 10.8. The molecule has 0 atom stereocenters. The molecule has 0 aromatic heterocycles. The zero-order chi connectivity index (χ0) is 14.5. The SMILES string of the molecule is COc1ccccc1CN(C)Cc1cccc(F)c1Br. The largest absolute Gasteiger partial charge is 0.496 e. The third-order valence-electron chi connectivity index (χ3n) is 3.10. The number of benzene rings is 2. The Labute approximate surface area is 127 Å². The molecule has 0 aliphatic carbocycles. The van der Waals surface area contributed by atoms with Gasteiger partial charge in [0, 0.05) is 18.7 Å². The van der Waals surface area contributed by atoms with Crippen molar-refractivity contribution in [2.75, 3.05) is 14.2 Å². The summed E-state index contributed by atoms with van der Waals surface area (Å²) in [5, 5.41) is 0. The van der Waals surface area contributed by atoms with Crippen LogP contribution < -0.4 is 4.74 Å². The molecule has 0 amide bonds. The summed E-state index contributed by atoms with van der Waals surface area (Å²) in [5.41, 5.74) is 2.05. The van der Waals surface area contributed by atoms with E-state index in [1.54, 1.807) is 13.2 Å². The third-order valence-corrected chi connectivity index (χ3v) is 3.99. The molecule has 0 fully saturated rings. The molecule has 0 saturated carbocycles. The summed E-state index contributed by atoms with van der Waals surface area (Å²) in [5.74, 6) is 0.644. The van der Waals surface area contributed by atoms with Gasteiger partial charge in [0.05, 0.1) is 11.6 Å². The number of hydrogen-bond donors (Lipinski definition) is 0. The second kappa shape index (κ2) is 6.86. The molecule has 0 bridgehead atoms. The molecule has 4 heteroatoms. The van der Waals surface area contributed by atoms with Crippen molar-refractivity contribution >= 4 is 15.9 Å². The maximum Gasteiger partial charge on any atom is 0.137 e. The van der Waals surface area contributed by atoms with Crippen LogP contribution in [0, 0.1) is 5.82 Å². The molecule has 0 saturated heterocycles. The van der Waals surface area contributed by atoms with Crippen LogP contribution in [-0.2, 0) is 13.1 Å². The summed E-state index contributed by atoms with van der Waals surface area (Å²) in [6.07, 6.45) is 0. The molecular weight excluding hydrogens is 321 g/mol. The van der Waals surface area contributed by atoms with Gasteiger partial charge in [0.1, 0.15) is 11.6 Å². The molecule has 20 heavy (non-hydrogen) atoms. The maximum atomic E-state index is 13.5. The van der Waals surface area contributed by atoms with Crippen LogP contribution in [0.5, 0.6) is 5.75 Å². The first-order chi connectivity index (χ1) is 9.61. The summed E-state index contributed by atoms with van der Waals surface area (Å²) in [6, 6.07) is 13.0. The highest BCUT2D eigenvalue weighted by Crippen LogP contribution is 2.23. The second-order valence-corrected chi connectivity index (χ2v) is 5.49. The number of nitrogens with zero attached hydrogens (tertiary/aromatic N) is 1. The van der Waals surface area contributed by atoms with Crippen LogP contribution in [0.4, 0.5) is 4.39 Å². The molecule has 0 aliphatic heterocycles. The first kappa shape index (κ1) is 15.0. The zero-order valence-electron chi connectivity index (χ0n) is 11.6. The van der Waals surface area contributed by atoms with Gasteiger partial charge in [0.2, 0.25) is 0 Å². The Kier molecular flexibility index (Phi) is 5.15. The van der Waals surface area contributed by atoms with Crippen molar-refractivity contribution in [2.24, 2.45) is 0 Å². The van der Waals surface area contributed by atoms with Crippen LogP contribution >= 0.6 is 15.9 Å². The Hall–Kier alpha value is -1.39. The number of ether oxygens (including phenoxy) is 1. The van der Waals surface area contributed by atoms with Gasteiger partial charge in [-0.25, -0.2) is 4.39 Å². The average Bonchev–Trinajstić information content (AvgIpc) is 2.44. The molecule has 0 spiro atoms. The topological polar surface area (TPSA) is 12.5 Å². The number of hydrogen-bond acceptors (Lipinski definition) is 2. The minimum atomic E-state index is -0.229. The number of para-hydroxylation sites is 1. The van der Waals surface area contributed by atoms with E-state index in [9.17, 15) is 4.39 Å². The van der Waals surface area contributed by atoms with Crippen molar-refractivity contribution < 1.29 is 9.13 Å². The standard InChI is InChI=1S/C16H17BrFNO/c1-19(10-12-6-3-4-9-15(12)20-2)11-13-7-5-8-14(18)16(13)17/h3-9H,10-11H2,1-2H3. The third kappa shape index (κ3) is 3.58. The molecule has 106 valence electrons. The van der Waals surface area contributed by atoms with Crippen LogP contribution in [-0.4, -0.2) is 19.1 Å². The molecule has 2 aromatic carbocycles. The number of rotatable bonds is 5. The minimum absolute atomic E-state index is 0.229. The van der Waals surface area contributed by atoms with Crippen LogP contribution in [0.1, 0.15) is 11.1 Å². The van der Waals surface area contributed by atoms with Crippen molar-refractivity contribution in [3.8, 4) is 5.75 Å². The lowest BCUT2D eigenvalue weighted by molar-refractivity contribution is 0.309. The Morgan fingerprint density at radius 1 is 1.05 bits per heavy atom. The van der Waals surface area contributed by atoms with Gasteiger partial charge in [-0.05, 0) is 40.7 Å². The number of halogens is 2. The first-order valence-electron chi connectivity index (χ1n) is 6.35. The van der Waals surface area contributed by atoms with E-state index in [4.69, 9.17) is 4.74 Å². The van der Waals surface area contributed by atoms with Crippen LogP contribution in [0.25, 0.3) is 0 Å². The Morgan fingerprint density at radius 3 is 2.45 bits per heavy atom. The van der Waals surface area contributed by atoms with Gasteiger partial charge >= 0.3 is 0 Å². The summed E-state index contributed by atoms with van der Waals surface area (Å²) in [6.45, 7) is 1.41. The summed E-state index contributed by atoms with van der Waals surface area (Å²) < 4.78 is 19.4. The van der Waals surface area contributed by atoms with Gasteiger partial charge in [-0.2, -0.15) is 0 Å². The zero-order valence-corrected chi connectivity index (χ0v) is 13.2. The fourth-order valence-corrected chi connectivity index (χ4v) is 2.53. The average molecular weight is 338 g/mol. The molecule has 0 unspecified atom stereocenters. The Bertz CT molecular complexity index is 588. The fourth-order valence-electron chi connectivity index (χ4n) is 2.14. The van der Waals surface area contributed by atoms with E-state index in [1.807, 2.05) is 37.4 Å². The minimum Gasteiger partial charge on any atom is -0.496 e. The van der Waals surface area contributed by atoms with E-state index < -0.39 is 0 Å². The van der Waals surface area contributed by atoms with Crippen LogP contribution in [0.2, 0.25) is 0 Å². The van der Waals surface area contributed by atoms with Gasteiger partial charge < -0.3 is 4.74 Å². The second-order valence-electron chi connectivity index (χ2n) is 4.70. The predicted octanol–water partition coefficient (Wildman–Crippen LogP) is 4.23. The predicted molar refractivity (Wildman–Crippen MR) is 82.3 cm³/mol. The highest BCUT2D eigenvalue weighted by atomic mass is 79.9. The van der Waals surface area contributed by atoms with Crippen LogP contribution in [0.15, 0.2) is 46.9 Å². The van der Waals surface area contributed by atoms with Crippen LogP contribution in [0.3, 0.4) is 0 Å². The molecule has 0 radical (unpaired) electrons. The Morgan fingerprint density at radius 2 is 1.70 bits per heavy atom. The number of methoxy groups -OCH3 is 1. The van der Waals surface area contributed by atoms with E-state index in [2.05, 4.69) is 20.8 Å². The highest BCUT2D eigenvalue weighted by molar-refractivity contribution is 9.10. The molecular formula is C16H17BrFNO. The highest BCUT2D eigenvalue weighted by Gasteiger charge is 2.10. The van der Waals surface area contributed by atoms with E-state index in [-0.39, 0.29) is 5.82 Å². The van der Waals surface area contributed by atoms with Crippen molar-refractivity contribution in [2.45, 2.75) is 13.1 Å². The lowest BCUT2D eigenvalue weighted by atomic mass is 10.1. The molecule has 2 rings (SSSR count). The molecule has 0 heterocycles. The first-order valence-corrected chi connectivity index (χ1v) is 7.14. The van der Waals surface area contributed by atoms with Crippen molar-refractivity contribution in [3.63, 3.8) is 0 Å². The van der Waals surface area contributed by atoms with E-state index >= 15 is 0 Å². The maximum absolute atomic E-state index is 13.5.